The van der Waals surface area contributed by atoms with E-state index in [1.54, 1.807) is 0 Å². The van der Waals surface area contributed by atoms with Crippen LogP contribution in [-0.4, -0.2) is 27.7 Å². The number of rotatable bonds is 6. The first kappa shape index (κ1) is 19.6. The molecule has 2 aromatic heterocycles. The van der Waals surface area contributed by atoms with Gasteiger partial charge in [0.05, 0.1) is 5.52 Å². The Morgan fingerprint density at radius 2 is 1.90 bits per heavy atom. The molecule has 4 rings (SSSR count). The number of carbonyl (C=O) groups is 1. The molecule has 0 saturated carbocycles. The van der Waals surface area contributed by atoms with Crippen LogP contribution < -0.4 is 10.5 Å². The fraction of sp³-hybridized carbons (Fsp3) is 0.208. The predicted octanol–water partition coefficient (Wildman–Crippen LogP) is 4.23. The van der Waals surface area contributed by atoms with Crippen molar-refractivity contribution in [1.82, 2.24) is 9.97 Å². The van der Waals surface area contributed by atoms with E-state index in [2.05, 4.69) is 28.2 Å². The average molecular weight is 401 g/mol. The van der Waals surface area contributed by atoms with Crippen LogP contribution in [0.1, 0.15) is 22.3 Å². The summed E-state index contributed by atoms with van der Waals surface area (Å²) in [7, 11) is 0. The molecule has 4 aromatic rings. The summed E-state index contributed by atoms with van der Waals surface area (Å²) in [5.74, 6) is 0.0252. The van der Waals surface area contributed by atoms with Gasteiger partial charge >= 0.3 is 5.97 Å². The first-order chi connectivity index (χ1) is 14.4. The van der Waals surface area contributed by atoms with E-state index in [0.717, 1.165) is 51.3 Å². The number of benzene rings is 2. The summed E-state index contributed by atoms with van der Waals surface area (Å²) in [4.78, 5) is 19.7. The molecule has 0 fully saturated rings. The Morgan fingerprint density at radius 3 is 2.67 bits per heavy atom. The molecule has 0 aliphatic rings. The SMILES string of the molecule is Cc1ccc2c(c1)nc(N)c1ncc(CCc3ccc(OCC(=O)O)cc3C)cc12. The highest BCUT2D eigenvalue weighted by Gasteiger charge is 2.10. The van der Waals surface area contributed by atoms with Gasteiger partial charge in [0.1, 0.15) is 11.3 Å². The molecule has 2 aromatic carbocycles. The number of fused-ring (bicyclic) bond motifs is 3. The molecule has 30 heavy (non-hydrogen) atoms. The Bertz CT molecular complexity index is 1270. The zero-order valence-corrected chi connectivity index (χ0v) is 17.0. The second kappa shape index (κ2) is 7.99. The van der Waals surface area contributed by atoms with E-state index in [1.165, 1.54) is 5.56 Å². The maximum atomic E-state index is 10.7. The summed E-state index contributed by atoms with van der Waals surface area (Å²) >= 11 is 0. The summed E-state index contributed by atoms with van der Waals surface area (Å²) in [6.07, 6.45) is 3.53. The number of anilines is 1. The quantitative estimate of drug-likeness (QED) is 0.469. The molecular formula is C24H23N3O3. The summed E-state index contributed by atoms with van der Waals surface area (Å²) in [6, 6.07) is 14.0. The minimum absolute atomic E-state index is 0.340. The average Bonchev–Trinajstić information content (AvgIpc) is 2.71. The molecule has 0 spiro atoms. The number of nitrogen functional groups attached to an aromatic ring is 1. The highest BCUT2D eigenvalue weighted by molar-refractivity contribution is 6.08. The third kappa shape index (κ3) is 4.03. The molecule has 0 aliphatic carbocycles. The van der Waals surface area contributed by atoms with E-state index in [4.69, 9.17) is 15.6 Å². The highest BCUT2D eigenvalue weighted by Crippen LogP contribution is 2.28. The molecule has 0 bridgehead atoms. The van der Waals surface area contributed by atoms with Gasteiger partial charge in [0.25, 0.3) is 0 Å². The van der Waals surface area contributed by atoms with Crippen molar-refractivity contribution in [3.63, 3.8) is 0 Å². The lowest BCUT2D eigenvalue weighted by molar-refractivity contribution is -0.139. The van der Waals surface area contributed by atoms with Gasteiger partial charge in [-0.05, 0) is 73.2 Å². The number of nitrogens with zero attached hydrogens (tertiary/aromatic N) is 2. The third-order valence-electron chi connectivity index (χ3n) is 5.23. The van der Waals surface area contributed by atoms with Gasteiger partial charge in [0.15, 0.2) is 12.4 Å². The van der Waals surface area contributed by atoms with Crippen molar-refractivity contribution < 1.29 is 14.6 Å². The summed E-state index contributed by atoms with van der Waals surface area (Å²) in [5, 5.41) is 10.8. The molecule has 6 nitrogen and oxygen atoms in total. The number of hydrogen-bond donors (Lipinski definition) is 2. The second-order valence-corrected chi connectivity index (χ2v) is 7.53. The van der Waals surface area contributed by atoms with Crippen LogP contribution in [0.25, 0.3) is 21.8 Å². The lowest BCUT2D eigenvalue weighted by Crippen LogP contribution is -2.09. The monoisotopic (exact) mass is 401 g/mol. The van der Waals surface area contributed by atoms with Crippen molar-refractivity contribution in [3.8, 4) is 5.75 Å². The van der Waals surface area contributed by atoms with E-state index < -0.39 is 5.97 Å². The molecule has 6 heteroatoms. The van der Waals surface area contributed by atoms with Gasteiger partial charge in [-0.2, -0.15) is 0 Å². The maximum absolute atomic E-state index is 10.7. The van der Waals surface area contributed by atoms with Crippen LogP contribution in [0.2, 0.25) is 0 Å². The minimum atomic E-state index is -0.987. The fourth-order valence-electron chi connectivity index (χ4n) is 3.66. The van der Waals surface area contributed by atoms with Crippen LogP contribution in [0.3, 0.4) is 0 Å². The van der Waals surface area contributed by atoms with Gasteiger partial charge < -0.3 is 15.6 Å². The summed E-state index contributed by atoms with van der Waals surface area (Å²) in [5.41, 5.74) is 12.3. The lowest BCUT2D eigenvalue weighted by atomic mass is 9.99. The predicted molar refractivity (Wildman–Crippen MR) is 118 cm³/mol. The number of carboxylic acids is 1. The maximum Gasteiger partial charge on any atom is 0.341 e. The van der Waals surface area contributed by atoms with Crippen LogP contribution in [0.15, 0.2) is 48.7 Å². The number of ether oxygens (including phenoxy) is 1. The first-order valence-electron chi connectivity index (χ1n) is 9.79. The van der Waals surface area contributed by atoms with E-state index in [9.17, 15) is 4.79 Å². The summed E-state index contributed by atoms with van der Waals surface area (Å²) < 4.78 is 5.25. The van der Waals surface area contributed by atoms with E-state index in [0.29, 0.717) is 11.6 Å². The Hall–Kier alpha value is -3.67. The van der Waals surface area contributed by atoms with Crippen molar-refractivity contribution in [2.75, 3.05) is 12.3 Å². The molecule has 0 saturated heterocycles. The molecule has 152 valence electrons. The first-order valence-corrected chi connectivity index (χ1v) is 9.79. The number of aliphatic carboxylic acids is 1. The Labute approximate surface area is 174 Å². The topological polar surface area (TPSA) is 98.3 Å². The molecular weight excluding hydrogens is 378 g/mol. The normalized spacial score (nSPS) is 11.1. The van der Waals surface area contributed by atoms with Crippen molar-refractivity contribution >= 4 is 33.6 Å². The smallest absolute Gasteiger partial charge is 0.341 e. The highest BCUT2D eigenvalue weighted by atomic mass is 16.5. The van der Waals surface area contributed by atoms with Crippen LogP contribution in [0.4, 0.5) is 5.82 Å². The van der Waals surface area contributed by atoms with Crippen molar-refractivity contribution in [1.29, 1.82) is 0 Å². The van der Waals surface area contributed by atoms with E-state index in [-0.39, 0.29) is 6.61 Å². The van der Waals surface area contributed by atoms with Gasteiger partial charge in [-0.15, -0.1) is 0 Å². The van der Waals surface area contributed by atoms with Crippen molar-refractivity contribution in [2.24, 2.45) is 0 Å². The lowest BCUT2D eigenvalue weighted by Gasteiger charge is -2.11. The number of aryl methyl sites for hydroxylation is 4. The van der Waals surface area contributed by atoms with Crippen LogP contribution in [0, 0.1) is 13.8 Å². The Balaban J connectivity index is 1.58. The summed E-state index contributed by atoms with van der Waals surface area (Å²) in [6.45, 7) is 3.70. The number of pyridine rings is 2. The van der Waals surface area contributed by atoms with Gasteiger partial charge in [0, 0.05) is 17.0 Å². The minimum Gasteiger partial charge on any atom is -0.482 e. The van der Waals surface area contributed by atoms with Crippen LogP contribution >= 0.6 is 0 Å². The molecule has 0 unspecified atom stereocenters. The van der Waals surface area contributed by atoms with Crippen molar-refractivity contribution in [3.05, 3.63) is 70.9 Å². The molecule has 0 radical (unpaired) electrons. The van der Waals surface area contributed by atoms with Crippen LogP contribution in [-0.2, 0) is 17.6 Å². The van der Waals surface area contributed by atoms with E-state index >= 15 is 0 Å². The zero-order chi connectivity index (χ0) is 21.3. The van der Waals surface area contributed by atoms with Gasteiger partial charge in [0.2, 0.25) is 0 Å². The molecule has 0 amide bonds. The second-order valence-electron chi connectivity index (χ2n) is 7.53. The zero-order valence-electron chi connectivity index (χ0n) is 17.0. The van der Waals surface area contributed by atoms with Gasteiger partial charge in [-0.3, -0.25) is 4.98 Å². The number of carboxylic acid groups (broad SMARTS) is 1. The van der Waals surface area contributed by atoms with Crippen LogP contribution in [0.5, 0.6) is 5.75 Å². The van der Waals surface area contributed by atoms with Crippen molar-refractivity contribution in [2.45, 2.75) is 26.7 Å². The molecule has 3 N–H and O–H groups in total. The Morgan fingerprint density at radius 1 is 1.07 bits per heavy atom. The van der Waals surface area contributed by atoms with E-state index in [1.807, 2.05) is 44.3 Å². The third-order valence-corrected chi connectivity index (χ3v) is 5.23. The number of hydrogen-bond acceptors (Lipinski definition) is 5. The molecule has 0 atom stereocenters. The number of aromatic nitrogens is 2. The van der Waals surface area contributed by atoms with Gasteiger partial charge in [-0.1, -0.05) is 18.2 Å². The fourth-order valence-corrected chi connectivity index (χ4v) is 3.66. The largest absolute Gasteiger partial charge is 0.482 e. The standard InChI is InChI=1S/C24H23N3O3/c1-14-3-8-19-20-11-16(12-26-23(20)24(25)27-21(19)9-14)4-5-17-6-7-18(10-15(17)2)30-13-22(28)29/h3,6-12H,4-5,13H2,1-2H3,(H2,25,27)(H,28,29). The molecule has 2 heterocycles. The number of nitrogens with two attached hydrogens (primary N) is 1. The Kier molecular flexibility index (Phi) is 5.23. The van der Waals surface area contributed by atoms with Gasteiger partial charge in [-0.25, -0.2) is 9.78 Å². The molecule has 0 aliphatic heterocycles.